The number of primary sulfonamides is 1. The fourth-order valence-corrected chi connectivity index (χ4v) is 2.22. The summed E-state index contributed by atoms with van der Waals surface area (Å²) >= 11 is 3.25. The quantitative estimate of drug-likeness (QED) is 0.927. The van der Waals surface area contributed by atoms with Crippen molar-refractivity contribution in [3.63, 3.8) is 0 Å². The molecule has 6 heteroatoms. The van der Waals surface area contributed by atoms with Gasteiger partial charge in [-0.15, -0.1) is 0 Å². The molecule has 4 nitrogen and oxygen atoms in total. The molecule has 1 aromatic carbocycles. The molecule has 1 atom stereocenters. The molecule has 0 fully saturated rings. The summed E-state index contributed by atoms with van der Waals surface area (Å²) in [5.41, 5.74) is 0. The van der Waals surface area contributed by atoms with Gasteiger partial charge in [-0.3, -0.25) is 0 Å². The Hall–Kier alpha value is -0.590. The molecule has 16 heavy (non-hydrogen) atoms. The van der Waals surface area contributed by atoms with Crippen LogP contribution in [0, 0.1) is 0 Å². The monoisotopic (exact) mass is 307 g/mol. The van der Waals surface area contributed by atoms with Crippen LogP contribution in [0.25, 0.3) is 0 Å². The second-order valence-electron chi connectivity index (χ2n) is 3.47. The van der Waals surface area contributed by atoms with Crippen LogP contribution in [0.1, 0.15) is 20.3 Å². The van der Waals surface area contributed by atoms with Gasteiger partial charge in [-0.1, -0.05) is 6.92 Å². The molecular formula is C10H14BrNO3S. The fourth-order valence-electron chi connectivity index (χ4n) is 1.05. The van der Waals surface area contributed by atoms with Crippen LogP contribution in [0.2, 0.25) is 0 Å². The predicted octanol–water partition coefficient (Wildman–Crippen LogP) is 2.27. The fraction of sp³-hybridized carbons (Fsp3) is 0.400. The Bertz CT molecular complexity index is 473. The summed E-state index contributed by atoms with van der Waals surface area (Å²) in [7, 11) is -3.66. The summed E-state index contributed by atoms with van der Waals surface area (Å²) < 4.78 is 28.3. The van der Waals surface area contributed by atoms with Crippen LogP contribution < -0.4 is 9.88 Å². The molecule has 90 valence electrons. The molecule has 1 unspecified atom stereocenters. The Morgan fingerprint density at radius 2 is 2.12 bits per heavy atom. The highest BCUT2D eigenvalue weighted by Crippen LogP contribution is 2.28. The molecule has 0 aliphatic heterocycles. The molecule has 0 radical (unpaired) electrons. The van der Waals surface area contributed by atoms with E-state index in [0.29, 0.717) is 10.2 Å². The van der Waals surface area contributed by atoms with E-state index in [-0.39, 0.29) is 11.0 Å². The first-order valence-corrected chi connectivity index (χ1v) is 7.17. The summed E-state index contributed by atoms with van der Waals surface area (Å²) in [5, 5.41) is 5.01. The summed E-state index contributed by atoms with van der Waals surface area (Å²) in [4.78, 5) is 0.0656. The Labute approximate surface area is 104 Å². The second-order valence-corrected chi connectivity index (χ2v) is 5.89. The van der Waals surface area contributed by atoms with E-state index in [1.807, 2.05) is 13.8 Å². The first-order chi connectivity index (χ1) is 7.34. The Morgan fingerprint density at radius 1 is 1.50 bits per heavy atom. The van der Waals surface area contributed by atoms with Gasteiger partial charge in [-0.05, 0) is 47.5 Å². The minimum atomic E-state index is -3.66. The van der Waals surface area contributed by atoms with E-state index in [9.17, 15) is 8.42 Å². The van der Waals surface area contributed by atoms with E-state index in [1.165, 1.54) is 12.1 Å². The largest absolute Gasteiger partial charge is 0.490 e. The van der Waals surface area contributed by atoms with Gasteiger partial charge in [0.05, 0.1) is 15.5 Å². The number of ether oxygens (including phenoxy) is 1. The average molecular weight is 308 g/mol. The maximum atomic E-state index is 11.1. The maximum Gasteiger partial charge on any atom is 0.238 e. The highest BCUT2D eigenvalue weighted by molar-refractivity contribution is 9.10. The Balaban J connectivity index is 3.01. The smallest absolute Gasteiger partial charge is 0.238 e. The normalized spacial score (nSPS) is 13.5. The molecule has 1 rings (SSSR count). The van der Waals surface area contributed by atoms with Gasteiger partial charge in [-0.2, -0.15) is 0 Å². The minimum Gasteiger partial charge on any atom is -0.490 e. The molecule has 0 aromatic heterocycles. The van der Waals surface area contributed by atoms with Crippen molar-refractivity contribution in [1.29, 1.82) is 0 Å². The van der Waals surface area contributed by atoms with Gasteiger partial charge < -0.3 is 4.74 Å². The van der Waals surface area contributed by atoms with Gasteiger partial charge in [0.1, 0.15) is 5.75 Å². The van der Waals surface area contributed by atoms with Crippen LogP contribution in [0.15, 0.2) is 27.6 Å². The zero-order valence-corrected chi connectivity index (χ0v) is 11.5. The third-order valence-corrected chi connectivity index (χ3v) is 3.67. The lowest BCUT2D eigenvalue weighted by Gasteiger charge is -2.14. The van der Waals surface area contributed by atoms with Crippen molar-refractivity contribution in [3.8, 4) is 5.75 Å². The molecule has 0 bridgehead atoms. The van der Waals surface area contributed by atoms with Crippen LogP contribution in [0.4, 0.5) is 0 Å². The van der Waals surface area contributed by atoms with Crippen LogP contribution >= 0.6 is 15.9 Å². The van der Waals surface area contributed by atoms with Gasteiger partial charge >= 0.3 is 0 Å². The number of halogens is 1. The average Bonchev–Trinajstić information content (AvgIpc) is 2.19. The highest BCUT2D eigenvalue weighted by Gasteiger charge is 2.12. The number of rotatable bonds is 4. The molecule has 1 aromatic rings. The molecule has 0 saturated carbocycles. The van der Waals surface area contributed by atoms with E-state index in [4.69, 9.17) is 9.88 Å². The maximum absolute atomic E-state index is 11.1. The van der Waals surface area contributed by atoms with Crippen LogP contribution in [-0.4, -0.2) is 14.5 Å². The van der Waals surface area contributed by atoms with Crippen molar-refractivity contribution >= 4 is 26.0 Å². The Kier molecular flexibility index (Phi) is 4.35. The Morgan fingerprint density at radius 3 is 2.56 bits per heavy atom. The molecule has 2 N–H and O–H groups in total. The number of hydrogen-bond acceptors (Lipinski definition) is 3. The number of hydrogen-bond donors (Lipinski definition) is 1. The molecule has 0 heterocycles. The van der Waals surface area contributed by atoms with Crippen molar-refractivity contribution in [2.45, 2.75) is 31.3 Å². The van der Waals surface area contributed by atoms with Gasteiger partial charge in [0, 0.05) is 0 Å². The first kappa shape index (κ1) is 13.5. The van der Waals surface area contributed by atoms with E-state index >= 15 is 0 Å². The third kappa shape index (κ3) is 3.47. The summed E-state index contributed by atoms with van der Waals surface area (Å²) in [6.07, 6.45) is 0.959. The molecule has 0 amide bonds. The molecule has 0 aliphatic rings. The van der Waals surface area contributed by atoms with Crippen molar-refractivity contribution in [2.75, 3.05) is 0 Å². The van der Waals surface area contributed by atoms with Crippen molar-refractivity contribution in [3.05, 3.63) is 22.7 Å². The summed E-state index contributed by atoms with van der Waals surface area (Å²) in [6.45, 7) is 3.96. The van der Waals surface area contributed by atoms with Crippen LogP contribution in [0.5, 0.6) is 5.75 Å². The lowest BCUT2D eigenvalue weighted by atomic mass is 10.3. The topological polar surface area (TPSA) is 69.4 Å². The van der Waals surface area contributed by atoms with Gasteiger partial charge in [-0.25, -0.2) is 13.6 Å². The van der Waals surface area contributed by atoms with Gasteiger partial charge in [0.2, 0.25) is 10.0 Å². The lowest BCUT2D eigenvalue weighted by Crippen LogP contribution is -2.13. The van der Waals surface area contributed by atoms with Crippen molar-refractivity contribution in [1.82, 2.24) is 0 Å². The molecule has 0 aliphatic carbocycles. The second kappa shape index (κ2) is 5.16. The summed E-state index contributed by atoms with van der Waals surface area (Å²) in [5.74, 6) is 0.613. The van der Waals surface area contributed by atoms with Crippen molar-refractivity contribution < 1.29 is 13.2 Å². The van der Waals surface area contributed by atoms with Gasteiger partial charge in [0.25, 0.3) is 0 Å². The van der Waals surface area contributed by atoms with Gasteiger partial charge in [0.15, 0.2) is 0 Å². The summed E-state index contributed by atoms with van der Waals surface area (Å²) in [6, 6.07) is 4.46. The standard InChI is InChI=1S/C10H14BrNO3S/c1-3-7(2)15-10-5-4-8(6-9(10)11)16(12,13)14/h4-7H,3H2,1-2H3,(H2,12,13,14). The van der Waals surface area contributed by atoms with Crippen molar-refractivity contribution in [2.24, 2.45) is 5.14 Å². The van der Waals surface area contributed by atoms with Crippen LogP contribution in [0.3, 0.4) is 0 Å². The SMILES string of the molecule is CCC(C)Oc1ccc(S(N)(=O)=O)cc1Br. The van der Waals surface area contributed by atoms with E-state index < -0.39 is 10.0 Å². The highest BCUT2D eigenvalue weighted by atomic mass is 79.9. The first-order valence-electron chi connectivity index (χ1n) is 4.83. The number of sulfonamides is 1. The van der Waals surface area contributed by atoms with Crippen LogP contribution in [-0.2, 0) is 10.0 Å². The molecule has 0 spiro atoms. The predicted molar refractivity (Wildman–Crippen MR) is 65.9 cm³/mol. The van der Waals surface area contributed by atoms with E-state index in [1.54, 1.807) is 6.07 Å². The molecular weight excluding hydrogens is 294 g/mol. The zero-order chi connectivity index (χ0) is 12.3. The molecule has 0 saturated heterocycles. The minimum absolute atomic E-state index is 0.0656. The number of nitrogens with two attached hydrogens (primary N) is 1. The number of benzene rings is 1. The lowest BCUT2D eigenvalue weighted by molar-refractivity contribution is 0.216. The zero-order valence-electron chi connectivity index (χ0n) is 9.10. The third-order valence-electron chi connectivity index (χ3n) is 2.13. The van der Waals surface area contributed by atoms with E-state index in [2.05, 4.69) is 15.9 Å². The van der Waals surface area contributed by atoms with E-state index in [0.717, 1.165) is 6.42 Å².